The molecule has 1 N–H and O–H groups in total. The van der Waals surface area contributed by atoms with Crippen molar-refractivity contribution in [2.75, 3.05) is 13.7 Å². The molecule has 3 rings (SSSR count). The maximum atomic E-state index is 12.4. The van der Waals surface area contributed by atoms with Gasteiger partial charge in [0.25, 0.3) is 0 Å². The lowest BCUT2D eigenvalue weighted by Gasteiger charge is -2.36. The first-order valence-electron chi connectivity index (χ1n) is 7.77. The molecule has 4 nitrogen and oxygen atoms in total. The van der Waals surface area contributed by atoms with Crippen LogP contribution in [0.3, 0.4) is 0 Å². The summed E-state index contributed by atoms with van der Waals surface area (Å²) in [6.45, 7) is -0.206. The third-order valence-electron chi connectivity index (χ3n) is 5.01. The van der Waals surface area contributed by atoms with Crippen molar-refractivity contribution < 1.29 is 14.6 Å². The summed E-state index contributed by atoms with van der Waals surface area (Å²) < 4.78 is 5.70. The molecule has 2 aliphatic heterocycles. The molecular formula is C17H24BrNO3. The average Bonchev–Trinajstić information content (AvgIpc) is 2.72. The maximum absolute atomic E-state index is 12.4. The van der Waals surface area contributed by atoms with Gasteiger partial charge in [-0.1, -0.05) is 30.3 Å². The lowest BCUT2D eigenvalue weighted by Crippen LogP contribution is -2.43. The predicted octanol–water partition coefficient (Wildman–Crippen LogP) is 2.51. The van der Waals surface area contributed by atoms with Gasteiger partial charge in [0.15, 0.2) is 0 Å². The molecule has 1 aromatic carbocycles. The number of esters is 1. The highest BCUT2D eigenvalue weighted by Crippen LogP contribution is 2.36. The van der Waals surface area contributed by atoms with Gasteiger partial charge in [0.05, 0.1) is 6.61 Å². The molecule has 0 aromatic heterocycles. The third kappa shape index (κ3) is 3.53. The fourth-order valence-electron chi connectivity index (χ4n) is 3.71. The largest absolute Gasteiger partial charge is 0.462 e. The number of piperidine rings is 1. The predicted molar refractivity (Wildman–Crippen MR) is 90.3 cm³/mol. The van der Waals surface area contributed by atoms with Crippen LogP contribution in [0.4, 0.5) is 0 Å². The molecule has 122 valence electrons. The van der Waals surface area contributed by atoms with Crippen molar-refractivity contribution in [2.45, 2.75) is 49.8 Å². The molecule has 0 aliphatic carbocycles. The van der Waals surface area contributed by atoms with Crippen molar-refractivity contribution in [1.82, 2.24) is 4.90 Å². The first-order valence-corrected chi connectivity index (χ1v) is 7.77. The zero-order valence-corrected chi connectivity index (χ0v) is 14.6. The lowest BCUT2D eigenvalue weighted by molar-refractivity contribution is -0.155. The van der Waals surface area contributed by atoms with Crippen LogP contribution >= 0.6 is 17.0 Å². The number of rotatable bonds is 4. The van der Waals surface area contributed by atoms with E-state index in [4.69, 9.17) is 4.74 Å². The second-order valence-electron chi connectivity index (χ2n) is 6.23. The van der Waals surface area contributed by atoms with E-state index in [2.05, 4.69) is 11.9 Å². The molecule has 2 fully saturated rings. The van der Waals surface area contributed by atoms with Gasteiger partial charge in [0, 0.05) is 12.1 Å². The fraction of sp³-hybridized carbons (Fsp3) is 0.588. The van der Waals surface area contributed by atoms with Crippen LogP contribution in [-0.2, 0) is 9.53 Å². The highest BCUT2D eigenvalue weighted by atomic mass is 79.9. The van der Waals surface area contributed by atoms with Gasteiger partial charge in [0.1, 0.15) is 12.0 Å². The number of carbonyl (C=O) groups excluding carboxylic acids is 1. The van der Waals surface area contributed by atoms with Crippen molar-refractivity contribution in [3.8, 4) is 0 Å². The Hall–Kier alpha value is -0.910. The number of nitrogens with zero attached hydrogens (tertiary/aromatic N) is 1. The smallest absolute Gasteiger partial charge is 0.316 e. The van der Waals surface area contributed by atoms with E-state index in [-0.39, 0.29) is 35.7 Å². The van der Waals surface area contributed by atoms with Gasteiger partial charge in [-0.3, -0.25) is 4.79 Å². The number of benzene rings is 1. The molecule has 0 spiro atoms. The zero-order valence-electron chi connectivity index (χ0n) is 12.9. The van der Waals surface area contributed by atoms with Crippen molar-refractivity contribution in [1.29, 1.82) is 0 Å². The van der Waals surface area contributed by atoms with Crippen molar-refractivity contribution in [2.24, 2.45) is 0 Å². The quantitative estimate of drug-likeness (QED) is 0.828. The Labute approximate surface area is 142 Å². The fourth-order valence-corrected chi connectivity index (χ4v) is 3.71. The normalized spacial score (nSPS) is 28.7. The molecule has 2 bridgehead atoms. The van der Waals surface area contributed by atoms with Crippen LogP contribution in [0.2, 0.25) is 0 Å². The van der Waals surface area contributed by atoms with E-state index in [1.165, 1.54) is 12.8 Å². The Balaban J connectivity index is 0.00000176. The Morgan fingerprint density at radius 3 is 2.41 bits per heavy atom. The highest BCUT2D eigenvalue weighted by Gasteiger charge is 2.40. The van der Waals surface area contributed by atoms with Gasteiger partial charge in [-0.15, -0.1) is 17.0 Å². The monoisotopic (exact) mass is 369 g/mol. The summed E-state index contributed by atoms with van der Waals surface area (Å²) in [5.41, 5.74) is 0.820. The summed E-state index contributed by atoms with van der Waals surface area (Å²) in [7, 11) is 2.17. The number of ether oxygens (including phenoxy) is 1. The van der Waals surface area contributed by atoms with E-state index in [9.17, 15) is 9.90 Å². The molecule has 2 saturated heterocycles. The van der Waals surface area contributed by atoms with Crippen LogP contribution in [0.5, 0.6) is 0 Å². The molecule has 3 atom stereocenters. The van der Waals surface area contributed by atoms with Gasteiger partial charge in [-0.25, -0.2) is 0 Å². The van der Waals surface area contributed by atoms with Crippen LogP contribution in [0.1, 0.15) is 37.2 Å². The molecule has 3 unspecified atom stereocenters. The SMILES string of the molecule is Br.CN1C2CCC1CC(OC(=O)C(CO)c1ccccc1)C2. The van der Waals surface area contributed by atoms with E-state index < -0.39 is 5.92 Å². The molecule has 0 amide bonds. The maximum Gasteiger partial charge on any atom is 0.316 e. The molecule has 2 aliphatic rings. The van der Waals surface area contributed by atoms with E-state index in [1.807, 2.05) is 30.3 Å². The summed E-state index contributed by atoms with van der Waals surface area (Å²) >= 11 is 0. The summed E-state index contributed by atoms with van der Waals surface area (Å²) in [5, 5.41) is 9.53. The lowest BCUT2D eigenvalue weighted by atomic mass is 9.98. The number of fused-ring (bicyclic) bond motifs is 2. The first kappa shape index (κ1) is 17.4. The van der Waals surface area contributed by atoms with Crippen molar-refractivity contribution in [3.05, 3.63) is 35.9 Å². The summed E-state index contributed by atoms with van der Waals surface area (Å²) in [4.78, 5) is 14.8. The third-order valence-corrected chi connectivity index (χ3v) is 5.01. The molecule has 1 aromatic rings. The van der Waals surface area contributed by atoms with Crippen LogP contribution in [0.25, 0.3) is 0 Å². The second-order valence-corrected chi connectivity index (χ2v) is 6.23. The van der Waals surface area contributed by atoms with E-state index >= 15 is 0 Å². The molecule has 22 heavy (non-hydrogen) atoms. The minimum atomic E-state index is -0.566. The zero-order chi connectivity index (χ0) is 14.8. The number of halogens is 1. The topological polar surface area (TPSA) is 49.8 Å². The number of hydrogen-bond acceptors (Lipinski definition) is 4. The Morgan fingerprint density at radius 2 is 1.86 bits per heavy atom. The minimum absolute atomic E-state index is 0. The number of aliphatic hydroxyl groups excluding tert-OH is 1. The Bertz CT molecular complexity index is 482. The Morgan fingerprint density at radius 1 is 1.27 bits per heavy atom. The standard InChI is InChI=1S/C17H23NO3.BrH/c1-18-13-7-8-14(18)10-15(9-13)21-17(20)16(11-19)12-5-3-2-4-6-12;/h2-6,13-16,19H,7-11H2,1H3;1H. The van der Waals surface area contributed by atoms with E-state index in [0.29, 0.717) is 12.1 Å². The van der Waals surface area contributed by atoms with Gasteiger partial charge >= 0.3 is 5.97 Å². The average molecular weight is 370 g/mol. The first-order chi connectivity index (χ1) is 10.2. The summed E-state index contributed by atoms with van der Waals surface area (Å²) in [6.07, 6.45) is 4.26. The Kier molecular flexibility index (Phi) is 6.01. The van der Waals surface area contributed by atoms with Crippen molar-refractivity contribution >= 4 is 23.0 Å². The van der Waals surface area contributed by atoms with Gasteiger partial charge in [0.2, 0.25) is 0 Å². The molecule has 0 saturated carbocycles. The number of aliphatic hydroxyl groups is 1. The van der Waals surface area contributed by atoms with Gasteiger partial charge < -0.3 is 14.7 Å². The van der Waals surface area contributed by atoms with E-state index in [0.717, 1.165) is 18.4 Å². The second kappa shape index (κ2) is 7.57. The van der Waals surface area contributed by atoms with Crippen LogP contribution in [0, 0.1) is 0 Å². The minimum Gasteiger partial charge on any atom is -0.462 e. The molecule has 2 heterocycles. The highest BCUT2D eigenvalue weighted by molar-refractivity contribution is 8.93. The van der Waals surface area contributed by atoms with Crippen molar-refractivity contribution in [3.63, 3.8) is 0 Å². The van der Waals surface area contributed by atoms with Crippen LogP contribution in [0.15, 0.2) is 30.3 Å². The van der Waals surface area contributed by atoms with E-state index in [1.54, 1.807) is 0 Å². The van der Waals surface area contributed by atoms with Gasteiger partial charge in [-0.05, 0) is 38.3 Å². The summed E-state index contributed by atoms with van der Waals surface area (Å²) in [6, 6.07) is 10.5. The number of carbonyl (C=O) groups is 1. The number of hydrogen-bond donors (Lipinski definition) is 1. The van der Waals surface area contributed by atoms with Crippen LogP contribution in [-0.4, -0.2) is 47.8 Å². The molecular weight excluding hydrogens is 346 g/mol. The summed E-state index contributed by atoms with van der Waals surface area (Å²) in [5.74, 6) is -0.860. The van der Waals surface area contributed by atoms with Crippen LogP contribution < -0.4 is 0 Å². The van der Waals surface area contributed by atoms with Gasteiger partial charge in [-0.2, -0.15) is 0 Å². The molecule has 0 radical (unpaired) electrons. The molecule has 5 heteroatoms.